The highest BCUT2D eigenvalue weighted by Crippen LogP contribution is 2.31. The van der Waals surface area contributed by atoms with Crippen molar-refractivity contribution in [2.45, 2.75) is 11.4 Å². The van der Waals surface area contributed by atoms with Gasteiger partial charge in [-0.05, 0) is 6.07 Å². The molecule has 1 N–H and O–H groups in total. The number of hydrogen-bond donors (Lipinski definition) is 1. The average molecular weight is 341 g/mol. The summed E-state index contributed by atoms with van der Waals surface area (Å²) in [6.07, 6.45) is 1.63. The molecule has 2 heterocycles. The van der Waals surface area contributed by atoms with E-state index in [9.17, 15) is 8.42 Å². The van der Waals surface area contributed by atoms with Crippen LogP contribution in [0, 0.1) is 0 Å². The van der Waals surface area contributed by atoms with Crippen LogP contribution in [0.3, 0.4) is 0 Å². The van der Waals surface area contributed by atoms with Gasteiger partial charge in [0.05, 0.1) is 23.6 Å². The molecule has 0 spiro atoms. The lowest BCUT2D eigenvalue weighted by atomic mass is 10.2. The third-order valence-electron chi connectivity index (χ3n) is 3.63. The number of rotatable bonds is 4. The van der Waals surface area contributed by atoms with Crippen LogP contribution in [0.25, 0.3) is 10.9 Å². The summed E-state index contributed by atoms with van der Waals surface area (Å²) in [5.41, 5.74) is 0.709. The Hall–Kier alpha value is -1.57. The van der Waals surface area contributed by atoms with Crippen LogP contribution < -0.4 is 5.32 Å². The Bertz CT molecular complexity index is 855. The Balaban J connectivity index is 2.21. The van der Waals surface area contributed by atoms with Crippen LogP contribution in [0.1, 0.15) is 0 Å². The van der Waals surface area contributed by atoms with E-state index in [2.05, 4.69) is 10.3 Å². The maximum absolute atomic E-state index is 12.5. The van der Waals surface area contributed by atoms with E-state index in [4.69, 9.17) is 11.6 Å². The molecule has 0 saturated heterocycles. The molecule has 1 aliphatic heterocycles. The first-order valence-electron chi connectivity index (χ1n) is 6.88. The molecule has 0 atom stereocenters. The van der Waals surface area contributed by atoms with E-state index >= 15 is 0 Å². The molecule has 22 heavy (non-hydrogen) atoms. The first kappa shape index (κ1) is 15.3. The normalized spacial score (nSPS) is 15.4. The second-order valence-electron chi connectivity index (χ2n) is 5.30. The third kappa shape index (κ3) is 2.49. The first-order valence-corrected chi connectivity index (χ1v) is 8.70. The van der Waals surface area contributed by atoms with E-state index in [1.54, 1.807) is 24.4 Å². The van der Waals surface area contributed by atoms with E-state index < -0.39 is 10.0 Å². The maximum Gasteiger partial charge on any atom is 0.244 e. The van der Waals surface area contributed by atoms with Gasteiger partial charge in [0.25, 0.3) is 0 Å². The maximum atomic E-state index is 12.5. The molecule has 2 aromatic rings. The van der Waals surface area contributed by atoms with Crippen molar-refractivity contribution in [3.05, 3.63) is 29.4 Å². The van der Waals surface area contributed by atoms with Gasteiger partial charge in [-0.25, -0.2) is 12.7 Å². The molecule has 0 unspecified atom stereocenters. The number of fused-ring (bicyclic) bond motifs is 1. The van der Waals surface area contributed by atoms with Crippen LogP contribution in [-0.2, 0) is 16.6 Å². The molecule has 1 aromatic heterocycles. The van der Waals surface area contributed by atoms with Crippen LogP contribution in [0.2, 0.25) is 5.02 Å². The number of aliphatic imine (C=N–C) groups is 1. The number of hydrogen-bond acceptors (Lipinski definition) is 4. The van der Waals surface area contributed by atoms with Crippen molar-refractivity contribution in [1.29, 1.82) is 0 Å². The first-order chi connectivity index (χ1) is 10.4. The number of nitrogens with one attached hydrogen (secondary N) is 1. The minimum Gasteiger partial charge on any atom is -0.370 e. The van der Waals surface area contributed by atoms with Gasteiger partial charge in [0.1, 0.15) is 10.7 Å². The van der Waals surface area contributed by atoms with E-state index in [-0.39, 0.29) is 4.90 Å². The number of sulfonamides is 1. The smallest absolute Gasteiger partial charge is 0.244 e. The van der Waals surface area contributed by atoms with Crippen molar-refractivity contribution in [2.75, 3.05) is 27.2 Å². The van der Waals surface area contributed by atoms with E-state index in [1.807, 2.05) is 4.57 Å². The molecule has 0 aliphatic carbocycles. The molecule has 8 heteroatoms. The lowest BCUT2D eigenvalue weighted by Gasteiger charge is -2.09. The van der Waals surface area contributed by atoms with Gasteiger partial charge in [-0.15, -0.1) is 0 Å². The van der Waals surface area contributed by atoms with Crippen molar-refractivity contribution in [3.63, 3.8) is 0 Å². The highest BCUT2D eigenvalue weighted by atomic mass is 35.5. The minimum atomic E-state index is -3.54. The molecule has 1 aromatic carbocycles. The number of nitrogens with zero attached hydrogens (tertiary/aromatic N) is 3. The summed E-state index contributed by atoms with van der Waals surface area (Å²) in [5, 5.41) is 4.34. The third-order valence-corrected chi connectivity index (χ3v) is 5.78. The molecular weight excluding hydrogens is 324 g/mol. The topological polar surface area (TPSA) is 66.7 Å². The standard InChI is InChI=1S/C14H17ClN4O2S/c1-18(2)22(20,21)12-8-19(9-13-16-6-7-17-13)14-10(12)4-3-5-11(14)15/h3-5,8H,6-7,9H2,1-2H3,(H,16,17). The molecule has 0 amide bonds. The Labute approximate surface area is 134 Å². The fraction of sp³-hybridized carbons (Fsp3) is 0.357. The van der Waals surface area contributed by atoms with E-state index in [0.717, 1.165) is 18.9 Å². The number of aromatic nitrogens is 1. The number of amidine groups is 1. The zero-order valence-corrected chi connectivity index (χ0v) is 13.9. The predicted octanol–water partition coefficient (Wildman–Crippen LogP) is 1.55. The molecule has 0 saturated carbocycles. The summed E-state index contributed by atoms with van der Waals surface area (Å²) in [4.78, 5) is 4.61. The summed E-state index contributed by atoms with van der Waals surface area (Å²) in [6, 6.07) is 5.29. The fourth-order valence-electron chi connectivity index (χ4n) is 2.52. The molecule has 118 valence electrons. The van der Waals surface area contributed by atoms with Crippen LogP contribution >= 0.6 is 11.6 Å². The summed E-state index contributed by atoms with van der Waals surface area (Å²) in [6.45, 7) is 2.03. The largest absolute Gasteiger partial charge is 0.370 e. The van der Waals surface area contributed by atoms with Crippen LogP contribution in [0.4, 0.5) is 0 Å². The van der Waals surface area contributed by atoms with Gasteiger partial charge in [0.2, 0.25) is 10.0 Å². The second-order valence-corrected chi connectivity index (χ2v) is 7.83. The van der Waals surface area contributed by atoms with Crippen LogP contribution in [0.5, 0.6) is 0 Å². The highest BCUT2D eigenvalue weighted by molar-refractivity contribution is 7.89. The van der Waals surface area contributed by atoms with Gasteiger partial charge in [0.15, 0.2) is 0 Å². The molecular formula is C14H17ClN4O2S. The van der Waals surface area contributed by atoms with Gasteiger partial charge in [-0.3, -0.25) is 4.99 Å². The van der Waals surface area contributed by atoms with E-state index in [1.165, 1.54) is 18.4 Å². The fourth-order valence-corrected chi connectivity index (χ4v) is 3.90. The quantitative estimate of drug-likeness (QED) is 0.918. The molecule has 6 nitrogen and oxygen atoms in total. The van der Waals surface area contributed by atoms with Crippen molar-refractivity contribution in [1.82, 2.24) is 14.2 Å². The van der Waals surface area contributed by atoms with Gasteiger partial charge in [0, 0.05) is 32.2 Å². The average Bonchev–Trinajstić information content (AvgIpc) is 3.08. The molecule has 3 rings (SSSR count). The number of benzene rings is 1. The van der Waals surface area contributed by atoms with Crippen molar-refractivity contribution < 1.29 is 8.42 Å². The Kier molecular flexibility index (Phi) is 3.88. The number of halogens is 1. The van der Waals surface area contributed by atoms with Crippen molar-refractivity contribution in [3.8, 4) is 0 Å². The summed E-state index contributed by atoms with van der Waals surface area (Å²) < 4.78 is 28.1. The predicted molar refractivity (Wildman–Crippen MR) is 88.1 cm³/mol. The Morgan fingerprint density at radius 1 is 1.41 bits per heavy atom. The Morgan fingerprint density at radius 2 is 2.18 bits per heavy atom. The molecule has 0 bridgehead atoms. The van der Waals surface area contributed by atoms with Gasteiger partial charge >= 0.3 is 0 Å². The lowest BCUT2D eigenvalue weighted by Crippen LogP contribution is -2.24. The summed E-state index contributed by atoms with van der Waals surface area (Å²) >= 11 is 6.30. The van der Waals surface area contributed by atoms with Gasteiger partial charge < -0.3 is 9.88 Å². The monoisotopic (exact) mass is 340 g/mol. The van der Waals surface area contributed by atoms with Gasteiger partial charge in [-0.1, -0.05) is 23.7 Å². The summed E-state index contributed by atoms with van der Waals surface area (Å²) in [7, 11) is -0.500. The van der Waals surface area contributed by atoms with Gasteiger partial charge in [-0.2, -0.15) is 0 Å². The molecule has 0 radical (unpaired) electrons. The molecule has 1 aliphatic rings. The second kappa shape index (κ2) is 5.57. The highest BCUT2D eigenvalue weighted by Gasteiger charge is 2.24. The SMILES string of the molecule is CN(C)S(=O)(=O)c1cn(CC2=NCCN2)c2c(Cl)cccc12. The number of para-hydroxylation sites is 1. The van der Waals surface area contributed by atoms with E-state index in [0.29, 0.717) is 22.5 Å². The zero-order chi connectivity index (χ0) is 15.9. The van der Waals surface area contributed by atoms with Crippen molar-refractivity contribution in [2.24, 2.45) is 4.99 Å². The lowest BCUT2D eigenvalue weighted by molar-refractivity contribution is 0.521. The summed E-state index contributed by atoms with van der Waals surface area (Å²) in [5.74, 6) is 0.839. The minimum absolute atomic E-state index is 0.258. The van der Waals surface area contributed by atoms with Crippen molar-refractivity contribution >= 4 is 38.4 Å². The van der Waals surface area contributed by atoms with Crippen LogP contribution in [0.15, 0.2) is 34.3 Å². The zero-order valence-electron chi connectivity index (χ0n) is 12.4. The molecule has 0 fully saturated rings. The Morgan fingerprint density at radius 3 is 2.82 bits per heavy atom. The van der Waals surface area contributed by atoms with Crippen LogP contribution in [-0.4, -0.2) is 50.3 Å².